The molecule has 1 aromatic carbocycles. The van der Waals surface area contributed by atoms with Crippen molar-refractivity contribution in [3.63, 3.8) is 0 Å². The van der Waals surface area contributed by atoms with Crippen molar-refractivity contribution in [2.75, 3.05) is 26.7 Å². The van der Waals surface area contributed by atoms with Crippen LogP contribution >= 0.6 is 0 Å². The van der Waals surface area contributed by atoms with Crippen LogP contribution in [-0.2, 0) is 11.2 Å². The first-order valence-corrected chi connectivity index (χ1v) is 7.73. The summed E-state index contributed by atoms with van der Waals surface area (Å²) in [5.74, 6) is 1.50. The van der Waals surface area contributed by atoms with Gasteiger partial charge in [-0.3, -0.25) is 4.79 Å². The summed E-state index contributed by atoms with van der Waals surface area (Å²) in [7, 11) is 1.69. The number of carbonyl (C=O) groups is 1. The van der Waals surface area contributed by atoms with Crippen molar-refractivity contribution >= 4 is 5.91 Å². The van der Waals surface area contributed by atoms with Crippen LogP contribution in [0.3, 0.4) is 0 Å². The van der Waals surface area contributed by atoms with Crippen LogP contribution in [0, 0.1) is 5.92 Å². The minimum atomic E-state index is 0.269. The molecule has 2 rings (SSSR count). The molecule has 0 aliphatic carbocycles. The van der Waals surface area contributed by atoms with Gasteiger partial charge in [-0.1, -0.05) is 25.1 Å². The van der Waals surface area contributed by atoms with Crippen LogP contribution < -0.4 is 10.1 Å². The third kappa shape index (κ3) is 4.46. The van der Waals surface area contributed by atoms with Gasteiger partial charge in [0.1, 0.15) is 5.75 Å². The second kappa shape index (κ2) is 7.46. The number of para-hydroxylation sites is 1. The number of benzene rings is 1. The fourth-order valence-electron chi connectivity index (χ4n) is 2.91. The molecule has 1 saturated heterocycles. The zero-order valence-corrected chi connectivity index (χ0v) is 13.3. The van der Waals surface area contributed by atoms with E-state index in [0.29, 0.717) is 18.4 Å². The van der Waals surface area contributed by atoms with Gasteiger partial charge < -0.3 is 15.0 Å². The van der Waals surface area contributed by atoms with Crippen molar-refractivity contribution in [3.8, 4) is 5.75 Å². The lowest BCUT2D eigenvalue weighted by Gasteiger charge is -2.32. The van der Waals surface area contributed by atoms with Crippen molar-refractivity contribution in [1.82, 2.24) is 10.2 Å². The summed E-state index contributed by atoms with van der Waals surface area (Å²) in [5, 5.41) is 3.36. The molecule has 1 N–H and O–H groups in total. The Hall–Kier alpha value is -1.55. The summed E-state index contributed by atoms with van der Waals surface area (Å²) in [5.41, 5.74) is 1.17. The minimum absolute atomic E-state index is 0.269. The summed E-state index contributed by atoms with van der Waals surface area (Å²) < 4.78 is 5.38. The van der Waals surface area contributed by atoms with E-state index in [1.54, 1.807) is 7.11 Å². The molecule has 0 spiro atoms. The molecule has 116 valence electrons. The van der Waals surface area contributed by atoms with E-state index in [9.17, 15) is 4.79 Å². The number of hydrogen-bond donors (Lipinski definition) is 1. The first-order valence-electron chi connectivity index (χ1n) is 7.73. The lowest BCUT2D eigenvalue weighted by Crippen LogP contribution is -2.51. The molecule has 1 fully saturated rings. The number of piperazine rings is 1. The second-order valence-corrected chi connectivity index (χ2v) is 6.02. The molecule has 1 aromatic rings. The standard InChI is InChI=1S/C17H26N2O2/c1-13(10-15-6-4-5-7-16(15)21-3)11-17(20)19-9-8-18-14(2)12-19/h4-7,13-14,18H,8-12H2,1-3H3/t13-,14-/m0/s1. The van der Waals surface area contributed by atoms with E-state index in [1.807, 2.05) is 23.1 Å². The van der Waals surface area contributed by atoms with Crippen LogP contribution in [0.1, 0.15) is 25.8 Å². The molecule has 1 heterocycles. The fraction of sp³-hybridized carbons (Fsp3) is 0.588. The number of methoxy groups -OCH3 is 1. The van der Waals surface area contributed by atoms with E-state index in [2.05, 4.69) is 25.2 Å². The highest BCUT2D eigenvalue weighted by Crippen LogP contribution is 2.22. The van der Waals surface area contributed by atoms with Gasteiger partial charge in [-0.25, -0.2) is 0 Å². The third-order valence-electron chi connectivity index (χ3n) is 4.01. The van der Waals surface area contributed by atoms with Gasteiger partial charge >= 0.3 is 0 Å². The van der Waals surface area contributed by atoms with Gasteiger partial charge in [0.2, 0.25) is 5.91 Å². The molecule has 4 heteroatoms. The molecule has 0 radical (unpaired) electrons. The first-order chi connectivity index (χ1) is 10.1. The average molecular weight is 290 g/mol. The van der Waals surface area contributed by atoms with E-state index in [1.165, 1.54) is 5.56 Å². The van der Waals surface area contributed by atoms with E-state index in [0.717, 1.165) is 31.8 Å². The van der Waals surface area contributed by atoms with Crippen LogP contribution in [0.5, 0.6) is 5.75 Å². The van der Waals surface area contributed by atoms with E-state index in [-0.39, 0.29) is 5.91 Å². The molecular formula is C17H26N2O2. The molecule has 0 bridgehead atoms. The Morgan fingerprint density at radius 3 is 2.95 bits per heavy atom. The van der Waals surface area contributed by atoms with Crippen molar-refractivity contribution in [2.24, 2.45) is 5.92 Å². The van der Waals surface area contributed by atoms with Crippen molar-refractivity contribution in [2.45, 2.75) is 32.7 Å². The summed E-state index contributed by atoms with van der Waals surface area (Å²) >= 11 is 0. The average Bonchev–Trinajstić information content (AvgIpc) is 2.47. The number of nitrogens with one attached hydrogen (secondary N) is 1. The Kier molecular flexibility index (Phi) is 5.62. The molecular weight excluding hydrogens is 264 g/mol. The Morgan fingerprint density at radius 2 is 2.24 bits per heavy atom. The Labute approximate surface area is 127 Å². The Bertz CT molecular complexity index is 476. The minimum Gasteiger partial charge on any atom is -0.496 e. The highest BCUT2D eigenvalue weighted by Gasteiger charge is 2.22. The lowest BCUT2D eigenvalue weighted by atomic mass is 9.96. The van der Waals surface area contributed by atoms with Gasteiger partial charge in [0, 0.05) is 32.1 Å². The maximum atomic E-state index is 12.4. The van der Waals surface area contributed by atoms with Gasteiger partial charge in [-0.05, 0) is 30.9 Å². The Balaban J connectivity index is 1.89. The molecule has 1 amide bonds. The highest BCUT2D eigenvalue weighted by atomic mass is 16.5. The number of carbonyl (C=O) groups excluding carboxylic acids is 1. The summed E-state index contributed by atoms with van der Waals surface area (Å²) in [6.45, 7) is 6.80. The zero-order valence-electron chi connectivity index (χ0n) is 13.3. The van der Waals surface area contributed by atoms with E-state index in [4.69, 9.17) is 4.74 Å². The van der Waals surface area contributed by atoms with Crippen LogP contribution in [0.2, 0.25) is 0 Å². The fourth-order valence-corrected chi connectivity index (χ4v) is 2.91. The molecule has 0 aromatic heterocycles. The predicted molar refractivity (Wildman–Crippen MR) is 84.5 cm³/mol. The van der Waals surface area contributed by atoms with Crippen LogP contribution in [0.4, 0.5) is 0 Å². The third-order valence-corrected chi connectivity index (χ3v) is 4.01. The number of nitrogens with zero attached hydrogens (tertiary/aromatic N) is 1. The normalized spacial score (nSPS) is 20.1. The summed E-state index contributed by atoms with van der Waals surface area (Å²) in [4.78, 5) is 14.4. The highest BCUT2D eigenvalue weighted by molar-refractivity contribution is 5.76. The zero-order chi connectivity index (χ0) is 15.2. The number of rotatable bonds is 5. The second-order valence-electron chi connectivity index (χ2n) is 6.02. The van der Waals surface area contributed by atoms with Gasteiger partial charge in [-0.15, -0.1) is 0 Å². The van der Waals surface area contributed by atoms with E-state index >= 15 is 0 Å². The van der Waals surface area contributed by atoms with Crippen molar-refractivity contribution in [3.05, 3.63) is 29.8 Å². The SMILES string of the molecule is COc1ccccc1C[C@H](C)CC(=O)N1CCN[C@@H](C)C1. The van der Waals surface area contributed by atoms with Gasteiger partial charge in [0.15, 0.2) is 0 Å². The molecule has 0 unspecified atom stereocenters. The summed E-state index contributed by atoms with van der Waals surface area (Å²) in [6.07, 6.45) is 1.47. The largest absolute Gasteiger partial charge is 0.496 e. The molecule has 21 heavy (non-hydrogen) atoms. The van der Waals surface area contributed by atoms with Gasteiger partial charge in [0.05, 0.1) is 7.11 Å². The number of hydrogen-bond acceptors (Lipinski definition) is 3. The van der Waals surface area contributed by atoms with Crippen LogP contribution in [0.25, 0.3) is 0 Å². The number of amides is 1. The predicted octanol–water partition coefficient (Wildman–Crippen LogP) is 2.08. The van der Waals surface area contributed by atoms with Crippen LogP contribution in [-0.4, -0.2) is 43.6 Å². The first kappa shape index (κ1) is 15.8. The molecule has 1 aliphatic rings. The Morgan fingerprint density at radius 1 is 1.48 bits per heavy atom. The molecule has 2 atom stereocenters. The molecule has 4 nitrogen and oxygen atoms in total. The summed E-state index contributed by atoms with van der Waals surface area (Å²) in [6, 6.07) is 8.44. The smallest absolute Gasteiger partial charge is 0.222 e. The molecule has 1 aliphatic heterocycles. The number of ether oxygens (including phenoxy) is 1. The quantitative estimate of drug-likeness (QED) is 0.903. The van der Waals surface area contributed by atoms with Crippen molar-refractivity contribution in [1.29, 1.82) is 0 Å². The maximum absolute atomic E-state index is 12.4. The van der Waals surface area contributed by atoms with Gasteiger partial charge in [0.25, 0.3) is 0 Å². The van der Waals surface area contributed by atoms with Crippen LogP contribution in [0.15, 0.2) is 24.3 Å². The molecule has 0 saturated carbocycles. The lowest BCUT2D eigenvalue weighted by molar-refractivity contribution is -0.133. The van der Waals surface area contributed by atoms with E-state index < -0.39 is 0 Å². The topological polar surface area (TPSA) is 41.6 Å². The monoisotopic (exact) mass is 290 g/mol. The maximum Gasteiger partial charge on any atom is 0.222 e. The van der Waals surface area contributed by atoms with Crippen molar-refractivity contribution < 1.29 is 9.53 Å². The van der Waals surface area contributed by atoms with Gasteiger partial charge in [-0.2, -0.15) is 0 Å².